The van der Waals surface area contributed by atoms with E-state index in [1.807, 2.05) is 13.0 Å². The van der Waals surface area contributed by atoms with Crippen molar-refractivity contribution >= 4 is 34.2 Å². The molecule has 17 heavy (non-hydrogen) atoms. The van der Waals surface area contributed by atoms with Gasteiger partial charge in [0.15, 0.2) is 0 Å². The second kappa shape index (κ2) is 5.25. The number of carbonyl (C=O) groups is 1. The summed E-state index contributed by atoms with van der Waals surface area (Å²) in [5.74, 6) is 0.0862. The lowest BCUT2D eigenvalue weighted by atomic mass is 10.2. The molecule has 1 fully saturated rings. The number of aryl methyl sites for hydroxylation is 1. The first-order valence-corrected chi connectivity index (χ1v) is 6.97. The van der Waals surface area contributed by atoms with Gasteiger partial charge in [0.2, 0.25) is 5.91 Å². The monoisotopic (exact) mass is 344 g/mol. The first kappa shape index (κ1) is 12.7. The van der Waals surface area contributed by atoms with Crippen LogP contribution in [0.2, 0.25) is 0 Å². The molecule has 1 aromatic rings. The molecule has 1 amide bonds. The van der Waals surface area contributed by atoms with E-state index >= 15 is 0 Å². The van der Waals surface area contributed by atoms with Crippen molar-refractivity contribution < 1.29 is 4.79 Å². The fourth-order valence-corrected chi connectivity index (χ4v) is 2.07. The lowest BCUT2D eigenvalue weighted by Crippen LogP contribution is -2.38. The maximum atomic E-state index is 11.8. The van der Waals surface area contributed by atoms with Gasteiger partial charge in [-0.15, -0.1) is 0 Å². The summed E-state index contributed by atoms with van der Waals surface area (Å²) < 4.78 is 1.21. The molecule has 0 spiro atoms. The lowest BCUT2D eigenvalue weighted by molar-refractivity contribution is -0.121. The molecule has 92 valence electrons. The van der Waals surface area contributed by atoms with Crippen LogP contribution in [0.15, 0.2) is 18.2 Å². The van der Waals surface area contributed by atoms with Crippen LogP contribution in [-0.2, 0) is 4.79 Å². The summed E-state index contributed by atoms with van der Waals surface area (Å²) in [6.45, 7) is 3.97. The third-order valence-electron chi connectivity index (χ3n) is 2.87. The molecule has 1 atom stereocenters. The third-order valence-corrected chi connectivity index (χ3v) is 4.03. The topological polar surface area (TPSA) is 41.1 Å². The van der Waals surface area contributed by atoms with Crippen LogP contribution in [0.25, 0.3) is 0 Å². The van der Waals surface area contributed by atoms with Crippen LogP contribution in [0.4, 0.5) is 5.69 Å². The molecule has 2 rings (SSSR count). The smallest absolute Gasteiger partial charge is 0.242 e. The second-order valence-corrected chi connectivity index (χ2v) is 5.78. The van der Waals surface area contributed by atoms with Gasteiger partial charge >= 0.3 is 0 Å². The van der Waals surface area contributed by atoms with E-state index in [1.54, 1.807) is 0 Å². The molecule has 0 aromatic heterocycles. The molecule has 1 aliphatic carbocycles. The normalized spacial score (nSPS) is 16.4. The maximum absolute atomic E-state index is 11.8. The zero-order chi connectivity index (χ0) is 12.4. The van der Waals surface area contributed by atoms with Crippen LogP contribution in [0, 0.1) is 10.5 Å². The Hall–Kier alpha value is -0.780. The zero-order valence-corrected chi connectivity index (χ0v) is 12.2. The van der Waals surface area contributed by atoms with Gasteiger partial charge in [-0.1, -0.05) is 6.07 Å². The van der Waals surface area contributed by atoms with Gasteiger partial charge in [-0.2, -0.15) is 0 Å². The Morgan fingerprint density at radius 1 is 1.47 bits per heavy atom. The number of hydrogen-bond donors (Lipinski definition) is 2. The van der Waals surface area contributed by atoms with Crippen LogP contribution >= 0.6 is 22.6 Å². The molecule has 0 saturated heterocycles. The van der Waals surface area contributed by atoms with Crippen molar-refractivity contribution in [2.45, 2.75) is 38.8 Å². The van der Waals surface area contributed by atoms with Crippen LogP contribution < -0.4 is 10.6 Å². The summed E-state index contributed by atoms with van der Waals surface area (Å²) in [5, 5.41) is 6.22. The molecule has 1 aromatic carbocycles. The fraction of sp³-hybridized carbons (Fsp3) is 0.462. The van der Waals surface area contributed by atoms with Crippen molar-refractivity contribution in [3.8, 4) is 0 Å². The number of rotatable bonds is 4. The number of amides is 1. The largest absolute Gasteiger partial charge is 0.374 e. The first-order valence-electron chi connectivity index (χ1n) is 5.89. The molecule has 0 bridgehead atoms. The number of hydrogen-bond acceptors (Lipinski definition) is 2. The average Bonchev–Trinajstić information content (AvgIpc) is 3.07. The first-order chi connectivity index (χ1) is 8.06. The highest BCUT2D eigenvalue weighted by Gasteiger charge is 2.25. The van der Waals surface area contributed by atoms with E-state index in [9.17, 15) is 4.79 Å². The van der Waals surface area contributed by atoms with Crippen LogP contribution in [0.1, 0.15) is 25.3 Å². The van der Waals surface area contributed by atoms with Crippen molar-refractivity contribution in [2.75, 3.05) is 5.32 Å². The second-order valence-electron chi connectivity index (χ2n) is 4.61. The molecule has 0 heterocycles. The molecule has 1 aliphatic rings. The van der Waals surface area contributed by atoms with E-state index in [0.29, 0.717) is 6.04 Å². The highest BCUT2D eigenvalue weighted by molar-refractivity contribution is 14.1. The Balaban J connectivity index is 1.94. The highest BCUT2D eigenvalue weighted by Crippen LogP contribution is 2.20. The van der Waals surface area contributed by atoms with Gasteiger partial charge in [-0.25, -0.2) is 0 Å². The standard InChI is InChI=1S/C13H17IN2O/c1-8-3-4-11(7-12(8)14)15-9(2)13(17)16-10-5-6-10/h3-4,7,9-10,15H,5-6H2,1-2H3,(H,16,17)/t9-/m0/s1. The van der Waals surface area contributed by atoms with Gasteiger partial charge in [0.05, 0.1) is 0 Å². The lowest BCUT2D eigenvalue weighted by Gasteiger charge is -2.15. The van der Waals surface area contributed by atoms with Gasteiger partial charge in [-0.3, -0.25) is 4.79 Å². The molecule has 0 unspecified atom stereocenters. The van der Waals surface area contributed by atoms with Gasteiger partial charge in [0.25, 0.3) is 0 Å². The van der Waals surface area contributed by atoms with E-state index in [2.05, 4.69) is 52.3 Å². The highest BCUT2D eigenvalue weighted by atomic mass is 127. The molecule has 0 aliphatic heterocycles. The van der Waals surface area contributed by atoms with E-state index in [1.165, 1.54) is 9.13 Å². The van der Waals surface area contributed by atoms with E-state index in [0.717, 1.165) is 18.5 Å². The minimum atomic E-state index is -0.186. The summed E-state index contributed by atoms with van der Waals surface area (Å²) in [6.07, 6.45) is 2.25. The zero-order valence-electron chi connectivity index (χ0n) is 10.1. The molecule has 1 saturated carbocycles. The Morgan fingerprint density at radius 3 is 2.76 bits per heavy atom. The summed E-state index contributed by atoms with van der Waals surface area (Å²) in [4.78, 5) is 11.8. The Kier molecular flexibility index (Phi) is 3.91. The summed E-state index contributed by atoms with van der Waals surface area (Å²) in [5.41, 5.74) is 2.25. The number of anilines is 1. The van der Waals surface area contributed by atoms with Crippen molar-refractivity contribution in [2.24, 2.45) is 0 Å². The molecular weight excluding hydrogens is 327 g/mol. The van der Waals surface area contributed by atoms with Gasteiger partial charge in [0, 0.05) is 15.3 Å². The number of carbonyl (C=O) groups excluding carboxylic acids is 1. The molecule has 3 nitrogen and oxygen atoms in total. The average molecular weight is 344 g/mol. The van der Waals surface area contributed by atoms with Crippen molar-refractivity contribution in [3.63, 3.8) is 0 Å². The Morgan fingerprint density at radius 2 is 2.18 bits per heavy atom. The molecule has 4 heteroatoms. The quantitative estimate of drug-likeness (QED) is 0.825. The predicted molar refractivity (Wildman–Crippen MR) is 78.1 cm³/mol. The molecule has 0 radical (unpaired) electrons. The minimum absolute atomic E-state index is 0.0862. The van der Waals surface area contributed by atoms with Crippen molar-refractivity contribution in [1.29, 1.82) is 0 Å². The molecular formula is C13H17IN2O. The number of nitrogens with one attached hydrogen (secondary N) is 2. The van der Waals surface area contributed by atoms with Gasteiger partial charge < -0.3 is 10.6 Å². The number of benzene rings is 1. The Bertz CT molecular complexity index is 429. The predicted octanol–water partition coefficient (Wildman–Crippen LogP) is 2.68. The molecule has 2 N–H and O–H groups in total. The summed E-state index contributed by atoms with van der Waals surface area (Å²) in [7, 11) is 0. The Labute approximate surface area is 116 Å². The summed E-state index contributed by atoms with van der Waals surface area (Å²) >= 11 is 2.30. The van der Waals surface area contributed by atoms with Gasteiger partial charge in [-0.05, 0) is 67.0 Å². The van der Waals surface area contributed by atoms with Crippen LogP contribution in [0.3, 0.4) is 0 Å². The van der Waals surface area contributed by atoms with Gasteiger partial charge in [0.1, 0.15) is 6.04 Å². The van der Waals surface area contributed by atoms with Crippen molar-refractivity contribution in [1.82, 2.24) is 5.32 Å². The SMILES string of the molecule is Cc1ccc(N[C@@H](C)C(=O)NC2CC2)cc1I. The van der Waals surface area contributed by atoms with Crippen LogP contribution in [-0.4, -0.2) is 18.0 Å². The number of halogens is 1. The van der Waals surface area contributed by atoms with E-state index in [-0.39, 0.29) is 11.9 Å². The fourth-order valence-electron chi connectivity index (χ4n) is 1.55. The maximum Gasteiger partial charge on any atom is 0.242 e. The van der Waals surface area contributed by atoms with E-state index in [4.69, 9.17) is 0 Å². The third kappa shape index (κ3) is 3.59. The summed E-state index contributed by atoms with van der Waals surface area (Å²) in [6, 6.07) is 6.38. The minimum Gasteiger partial charge on any atom is -0.374 e. The van der Waals surface area contributed by atoms with E-state index < -0.39 is 0 Å². The van der Waals surface area contributed by atoms with Crippen molar-refractivity contribution in [3.05, 3.63) is 27.3 Å². The van der Waals surface area contributed by atoms with Crippen LogP contribution in [0.5, 0.6) is 0 Å².